The van der Waals surface area contributed by atoms with Crippen molar-refractivity contribution in [1.29, 1.82) is 5.41 Å². The van der Waals surface area contributed by atoms with Crippen molar-refractivity contribution in [3.05, 3.63) is 63.2 Å². The lowest BCUT2D eigenvalue weighted by Gasteiger charge is -2.17. The Labute approximate surface area is 177 Å². The van der Waals surface area contributed by atoms with E-state index in [-0.39, 0.29) is 17.9 Å². The average molecular weight is 491 g/mol. The molecule has 3 amide bonds. The molecule has 28 heavy (non-hydrogen) atoms. The zero-order valence-electron chi connectivity index (χ0n) is 15.7. The number of hydrogen-bond donors (Lipinski definition) is 4. The molecule has 0 saturated carbocycles. The lowest BCUT2D eigenvalue weighted by atomic mass is 10.1. The van der Waals surface area contributed by atoms with E-state index in [1.54, 1.807) is 13.8 Å². The number of halogens is 1. The van der Waals surface area contributed by atoms with Gasteiger partial charge in [-0.1, -0.05) is 30.3 Å². The van der Waals surface area contributed by atoms with Gasteiger partial charge >= 0.3 is 6.03 Å². The number of nitrogens with zero attached hydrogens (tertiary/aromatic N) is 1. The van der Waals surface area contributed by atoms with Gasteiger partial charge in [-0.25, -0.2) is 4.79 Å². The van der Waals surface area contributed by atoms with Crippen molar-refractivity contribution in [2.45, 2.75) is 32.5 Å². The summed E-state index contributed by atoms with van der Waals surface area (Å²) in [6.07, 6.45) is 0. The molecule has 8 heteroatoms. The summed E-state index contributed by atoms with van der Waals surface area (Å²) in [5, 5.41) is 16.5. The number of amides is 3. The Bertz CT molecular complexity index is 911. The van der Waals surface area contributed by atoms with Gasteiger partial charge in [0.25, 0.3) is 5.91 Å². The van der Waals surface area contributed by atoms with Crippen LogP contribution in [0.25, 0.3) is 0 Å². The Hall–Kier alpha value is -2.62. The molecular weight excluding hydrogens is 469 g/mol. The number of carbonyl (C=O) groups is 2. The van der Waals surface area contributed by atoms with Crippen LogP contribution in [0.4, 0.5) is 10.5 Å². The highest BCUT2D eigenvalue weighted by Gasteiger charge is 2.41. The summed E-state index contributed by atoms with van der Waals surface area (Å²) in [4.78, 5) is 25.8. The van der Waals surface area contributed by atoms with Crippen molar-refractivity contribution in [3.63, 3.8) is 0 Å². The number of guanidine groups is 1. The molecule has 1 saturated heterocycles. The number of rotatable bonds is 5. The third kappa shape index (κ3) is 4.80. The van der Waals surface area contributed by atoms with Gasteiger partial charge in [0.1, 0.15) is 5.54 Å². The van der Waals surface area contributed by atoms with E-state index in [0.29, 0.717) is 13.1 Å². The van der Waals surface area contributed by atoms with Crippen LogP contribution >= 0.6 is 22.6 Å². The van der Waals surface area contributed by atoms with Crippen molar-refractivity contribution in [2.75, 3.05) is 5.32 Å². The standard InChI is InChI=1S/C20H22IN5O2/c1-20(2)17(27)26(18(22)25-20)12-14-8-6-13(7-9-14)11-23-19(28)24-16-5-3-4-15(21)10-16/h3-10H,11-12H2,1-2H3,(H2,22,25)(H2,23,24,28). The molecule has 0 spiro atoms. The molecule has 7 nitrogen and oxygen atoms in total. The monoisotopic (exact) mass is 491 g/mol. The molecule has 146 valence electrons. The predicted molar refractivity (Wildman–Crippen MR) is 117 cm³/mol. The van der Waals surface area contributed by atoms with Crippen LogP contribution in [0.15, 0.2) is 48.5 Å². The van der Waals surface area contributed by atoms with Crippen molar-refractivity contribution >= 4 is 46.2 Å². The lowest BCUT2D eigenvalue weighted by molar-refractivity contribution is -0.130. The van der Waals surface area contributed by atoms with Crippen molar-refractivity contribution in [1.82, 2.24) is 15.5 Å². The Morgan fingerprint density at radius 2 is 1.86 bits per heavy atom. The Balaban J connectivity index is 1.53. The molecular formula is C20H22IN5O2. The molecule has 0 unspecified atom stereocenters. The topological polar surface area (TPSA) is 97.3 Å². The minimum absolute atomic E-state index is 0.115. The van der Waals surface area contributed by atoms with Gasteiger partial charge < -0.3 is 16.0 Å². The maximum absolute atomic E-state index is 12.3. The number of benzene rings is 2. The van der Waals surface area contributed by atoms with Gasteiger partial charge in [0.05, 0.1) is 6.54 Å². The first-order chi connectivity index (χ1) is 13.2. The second-order valence-electron chi connectivity index (χ2n) is 7.12. The van der Waals surface area contributed by atoms with Crippen molar-refractivity contribution < 1.29 is 9.59 Å². The largest absolute Gasteiger partial charge is 0.342 e. The van der Waals surface area contributed by atoms with E-state index in [0.717, 1.165) is 20.4 Å². The fraction of sp³-hybridized carbons (Fsp3) is 0.250. The van der Waals surface area contributed by atoms with Crippen LogP contribution in [-0.2, 0) is 17.9 Å². The molecule has 0 radical (unpaired) electrons. The average Bonchev–Trinajstić information content (AvgIpc) is 2.83. The van der Waals surface area contributed by atoms with Gasteiger partial charge in [-0.2, -0.15) is 0 Å². The van der Waals surface area contributed by atoms with Gasteiger partial charge in [-0.05, 0) is 65.8 Å². The quantitative estimate of drug-likeness (QED) is 0.484. The summed E-state index contributed by atoms with van der Waals surface area (Å²) in [6.45, 7) is 4.26. The highest BCUT2D eigenvalue weighted by atomic mass is 127. The Morgan fingerprint density at radius 1 is 1.18 bits per heavy atom. The third-order valence-corrected chi connectivity index (χ3v) is 5.05. The van der Waals surface area contributed by atoms with E-state index >= 15 is 0 Å². The zero-order valence-corrected chi connectivity index (χ0v) is 17.8. The Kier molecular flexibility index (Phi) is 5.87. The highest BCUT2D eigenvalue weighted by Crippen LogP contribution is 2.19. The van der Waals surface area contributed by atoms with E-state index in [9.17, 15) is 9.59 Å². The molecule has 4 N–H and O–H groups in total. The van der Waals surface area contributed by atoms with E-state index < -0.39 is 5.54 Å². The Morgan fingerprint density at radius 3 is 2.46 bits per heavy atom. The number of nitrogens with one attached hydrogen (secondary N) is 4. The minimum atomic E-state index is -0.745. The van der Waals surface area contributed by atoms with Gasteiger partial charge in [0, 0.05) is 15.8 Å². The van der Waals surface area contributed by atoms with Crippen LogP contribution in [0.2, 0.25) is 0 Å². The van der Waals surface area contributed by atoms with Gasteiger partial charge in [-0.3, -0.25) is 15.1 Å². The summed E-state index contributed by atoms with van der Waals surface area (Å²) in [6, 6.07) is 14.9. The first kappa shape index (κ1) is 20.1. The molecule has 0 bridgehead atoms. The summed E-state index contributed by atoms with van der Waals surface area (Å²) in [5.74, 6) is 0.00322. The van der Waals surface area contributed by atoms with Gasteiger partial charge in [-0.15, -0.1) is 0 Å². The summed E-state index contributed by atoms with van der Waals surface area (Å²) >= 11 is 2.19. The van der Waals surface area contributed by atoms with Crippen LogP contribution in [0.3, 0.4) is 0 Å². The van der Waals surface area contributed by atoms with Crippen LogP contribution in [0.5, 0.6) is 0 Å². The lowest BCUT2D eigenvalue weighted by Crippen LogP contribution is -2.40. The van der Waals surface area contributed by atoms with E-state index in [1.807, 2.05) is 48.5 Å². The summed E-state index contributed by atoms with van der Waals surface area (Å²) < 4.78 is 1.05. The van der Waals surface area contributed by atoms with Crippen LogP contribution < -0.4 is 16.0 Å². The van der Waals surface area contributed by atoms with Crippen LogP contribution in [0, 0.1) is 8.98 Å². The second-order valence-corrected chi connectivity index (χ2v) is 8.37. The molecule has 2 aromatic carbocycles. The molecule has 2 aromatic rings. The summed E-state index contributed by atoms with van der Waals surface area (Å²) in [5.41, 5.74) is 1.87. The zero-order chi connectivity index (χ0) is 20.3. The van der Waals surface area contributed by atoms with Crippen LogP contribution in [-0.4, -0.2) is 28.3 Å². The first-order valence-electron chi connectivity index (χ1n) is 8.81. The SMILES string of the molecule is CC1(C)NC(=N)N(Cc2ccc(CNC(=O)Nc3cccc(I)c3)cc2)C1=O. The van der Waals surface area contributed by atoms with E-state index in [4.69, 9.17) is 5.41 Å². The van der Waals surface area contributed by atoms with Gasteiger partial charge in [0.2, 0.25) is 0 Å². The van der Waals surface area contributed by atoms with Crippen LogP contribution in [0.1, 0.15) is 25.0 Å². The molecule has 1 heterocycles. The molecule has 0 atom stereocenters. The molecule has 1 fully saturated rings. The third-order valence-electron chi connectivity index (χ3n) is 4.38. The van der Waals surface area contributed by atoms with Crippen molar-refractivity contribution in [2.24, 2.45) is 0 Å². The van der Waals surface area contributed by atoms with Crippen molar-refractivity contribution in [3.8, 4) is 0 Å². The minimum Gasteiger partial charge on any atom is -0.342 e. The normalized spacial score (nSPS) is 15.3. The first-order valence-corrected chi connectivity index (χ1v) is 9.89. The molecule has 0 aromatic heterocycles. The fourth-order valence-corrected chi connectivity index (χ4v) is 3.42. The molecule has 1 aliphatic rings. The van der Waals surface area contributed by atoms with E-state index in [2.05, 4.69) is 38.5 Å². The summed E-state index contributed by atoms with van der Waals surface area (Å²) in [7, 11) is 0. The second kappa shape index (κ2) is 8.17. The number of anilines is 1. The highest BCUT2D eigenvalue weighted by molar-refractivity contribution is 14.1. The maximum Gasteiger partial charge on any atom is 0.319 e. The fourth-order valence-electron chi connectivity index (χ4n) is 2.88. The maximum atomic E-state index is 12.3. The molecule has 1 aliphatic heterocycles. The number of hydrogen-bond acceptors (Lipinski definition) is 3. The smallest absolute Gasteiger partial charge is 0.319 e. The number of urea groups is 1. The molecule has 0 aliphatic carbocycles. The number of carbonyl (C=O) groups excluding carboxylic acids is 2. The predicted octanol–water partition coefficient (Wildman–Crippen LogP) is 3.26. The van der Waals surface area contributed by atoms with Gasteiger partial charge in [0.15, 0.2) is 5.96 Å². The molecule has 3 rings (SSSR count). The van der Waals surface area contributed by atoms with E-state index in [1.165, 1.54) is 4.90 Å².